The zero-order chi connectivity index (χ0) is 26.4. The third kappa shape index (κ3) is 5.87. The Balaban J connectivity index is 1.61. The first kappa shape index (κ1) is 26.9. The number of aliphatic hydroxyl groups is 2. The largest absolute Gasteiger partial charge is 0.387 e. The maximum atomic E-state index is 12.2. The van der Waals surface area contributed by atoms with E-state index in [0.29, 0.717) is 11.2 Å². The summed E-state index contributed by atoms with van der Waals surface area (Å²) in [7, 11) is -9.18. The number of sulfone groups is 1. The summed E-state index contributed by atoms with van der Waals surface area (Å²) in [5.74, 6) is -0.555. The van der Waals surface area contributed by atoms with Crippen LogP contribution in [0.15, 0.2) is 30.5 Å². The lowest BCUT2D eigenvalue weighted by Gasteiger charge is -2.17. The van der Waals surface area contributed by atoms with E-state index in [9.17, 15) is 23.2 Å². The molecule has 0 radical (unpaired) electrons. The van der Waals surface area contributed by atoms with Gasteiger partial charge < -0.3 is 30.1 Å². The molecular formula is C20H25ClN5O8PS. The standard InChI is InChI=1S/C20H25ClN5O8PS/c1-10-3-5-12(6-4-10)11(2)23-17-13-7-22-26(18(13)25-20(21)24-17)19-16(28)15(27)14(34-19)8-36(32,33)9-35(29,30)31/h3-7,11,14-16,19,27-28H,8-9H2,1-2H3,(H,23,24,25)(H2,29,30,31)/t11-,14+,15+,16+,19+/m0/s1. The maximum absolute atomic E-state index is 12.2. The maximum Gasteiger partial charge on any atom is 0.340 e. The van der Waals surface area contributed by atoms with Crippen LogP contribution in [0.3, 0.4) is 0 Å². The van der Waals surface area contributed by atoms with Crippen LogP contribution < -0.4 is 5.32 Å². The molecule has 5 atom stereocenters. The number of aliphatic hydroxyl groups excluding tert-OH is 2. The van der Waals surface area contributed by atoms with Crippen molar-refractivity contribution < 1.29 is 37.7 Å². The van der Waals surface area contributed by atoms with E-state index in [2.05, 4.69) is 20.4 Å². The van der Waals surface area contributed by atoms with Crippen molar-refractivity contribution in [3.8, 4) is 0 Å². The Kier molecular flexibility index (Phi) is 7.43. The molecule has 3 heterocycles. The number of nitrogens with zero attached hydrogens (tertiary/aromatic N) is 4. The number of aryl methyl sites for hydroxylation is 1. The summed E-state index contributed by atoms with van der Waals surface area (Å²) in [6.07, 6.45) is -4.67. The summed E-state index contributed by atoms with van der Waals surface area (Å²) in [6.45, 7) is 3.91. The lowest BCUT2D eigenvalue weighted by molar-refractivity contribution is -0.0364. The van der Waals surface area contributed by atoms with Crippen LogP contribution in [0.1, 0.15) is 30.3 Å². The number of anilines is 1. The predicted octanol–water partition coefficient (Wildman–Crippen LogP) is 1.13. The zero-order valence-corrected chi connectivity index (χ0v) is 21.6. The van der Waals surface area contributed by atoms with Crippen molar-refractivity contribution in [1.82, 2.24) is 19.7 Å². The van der Waals surface area contributed by atoms with Crippen molar-refractivity contribution in [2.24, 2.45) is 0 Å². The van der Waals surface area contributed by atoms with Crippen LogP contribution in [0.5, 0.6) is 0 Å². The van der Waals surface area contributed by atoms with Gasteiger partial charge in [-0.1, -0.05) is 29.8 Å². The molecule has 0 spiro atoms. The molecule has 1 aliphatic heterocycles. The predicted molar refractivity (Wildman–Crippen MR) is 130 cm³/mol. The number of hydrogen-bond acceptors (Lipinski definition) is 10. The van der Waals surface area contributed by atoms with Gasteiger partial charge in [0, 0.05) is 6.04 Å². The molecule has 1 saturated heterocycles. The highest BCUT2D eigenvalue weighted by Crippen LogP contribution is 2.38. The Morgan fingerprint density at radius 1 is 1.19 bits per heavy atom. The van der Waals surface area contributed by atoms with Crippen molar-refractivity contribution in [2.45, 2.75) is 44.4 Å². The minimum Gasteiger partial charge on any atom is -0.387 e. The monoisotopic (exact) mass is 561 g/mol. The smallest absolute Gasteiger partial charge is 0.340 e. The highest BCUT2D eigenvalue weighted by Gasteiger charge is 2.47. The molecule has 0 aliphatic carbocycles. The number of nitrogens with one attached hydrogen (secondary N) is 1. The van der Waals surface area contributed by atoms with E-state index >= 15 is 0 Å². The van der Waals surface area contributed by atoms with Gasteiger partial charge in [0.2, 0.25) is 5.28 Å². The molecule has 0 unspecified atom stereocenters. The molecule has 16 heteroatoms. The van der Waals surface area contributed by atoms with Gasteiger partial charge in [0.25, 0.3) is 0 Å². The summed E-state index contributed by atoms with van der Waals surface area (Å²) >= 11 is 6.14. The van der Waals surface area contributed by atoms with E-state index in [1.807, 2.05) is 38.1 Å². The molecule has 2 aromatic heterocycles. The summed E-state index contributed by atoms with van der Waals surface area (Å²) in [5.41, 5.74) is 0.857. The Bertz CT molecular complexity index is 1410. The first-order valence-electron chi connectivity index (χ1n) is 10.7. The van der Waals surface area contributed by atoms with Gasteiger partial charge in [0.15, 0.2) is 27.2 Å². The molecule has 0 saturated carbocycles. The Hall–Kier alpha value is -2.16. The van der Waals surface area contributed by atoms with Crippen LogP contribution in [0, 0.1) is 6.92 Å². The van der Waals surface area contributed by atoms with Crippen LogP contribution in [-0.4, -0.2) is 77.7 Å². The topological polar surface area (TPSA) is 197 Å². The number of ether oxygens (including phenoxy) is 1. The summed E-state index contributed by atoms with van der Waals surface area (Å²) in [5, 5.41) is 28.7. The number of hydrogen-bond donors (Lipinski definition) is 5. The molecule has 36 heavy (non-hydrogen) atoms. The third-order valence-electron chi connectivity index (χ3n) is 5.72. The van der Waals surface area contributed by atoms with Crippen LogP contribution in [0.25, 0.3) is 11.0 Å². The second-order valence-electron chi connectivity index (χ2n) is 8.69. The fraction of sp³-hybridized carbons (Fsp3) is 0.450. The normalized spacial score (nSPS) is 23.8. The lowest BCUT2D eigenvalue weighted by atomic mass is 10.1. The minimum absolute atomic E-state index is 0.128. The number of fused-ring (bicyclic) bond motifs is 1. The van der Waals surface area contributed by atoms with Gasteiger partial charge in [0.1, 0.15) is 24.1 Å². The number of rotatable bonds is 8. The third-order valence-corrected chi connectivity index (χ3v) is 9.64. The Morgan fingerprint density at radius 3 is 2.50 bits per heavy atom. The van der Waals surface area contributed by atoms with E-state index in [1.165, 1.54) is 6.20 Å². The van der Waals surface area contributed by atoms with E-state index in [1.54, 1.807) is 0 Å². The van der Waals surface area contributed by atoms with E-state index < -0.39 is 53.2 Å². The summed E-state index contributed by atoms with van der Waals surface area (Å²) in [4.78, 5) is 26.4. The Morgan fingerprint density at radius 2 is 1.86 bits per heavy atom. The van der Waals surface area contributed by atoms with Crippen molar-refractivity contribution in [1.29, 1.82) is 0 Å². The van der Waals surface area contributed by atoms with Crippen molar-refractivity contribution >= 4 is 45.9 Å². The molecule has 1 fully saturated rings. The average molecular weight is 562 g/mol. The van der Waals surface area contributed by atoms with Gasteiger partial charge in [0.05, 0.1) is 17.3 Å². The van der Waals surface area contributed by atoms with Crippen LogP contribution >= 0.6 is 19.2 Å². The highest BCUT2D eigenvalue weighted by molar-refractivity contribution is 7.97. The number of halogens is 1. The second kappa shape index (κ2) is 9.95. The van der Waals surface area contributed by atoms with Gasteiger partial charge in [-0.05, 0) is 31.0 Å². The van der Waals surface area contributed by atoms with Gasteiger partial charge in [-0.2, -0.15) is 15.1 Å². The molecule has 5 N–H and O–H groups in total. The fourth-order valence-corrected chi connectivity index (χ4v) is 7.38. The second-order valence-corrected chi connectivity index (χ2v) is 13.2. The molecule has 0 bridgehead atoms. The molecule has 0 amide bonds. The van der Waals surface area contributed by atoms with E-state index in [-0.39, 0.29) is 17.0 Å². The molecule has 3 aromatic rings. The van der Waals surface area contributed by atoms with Gasteiger partial charge >= 0.3 is 7.60 Å². The SMILES string of the molecule is Cc1ccc([C@H](C)Nc2nc(Cl)nc3c2cnn3[C@@H]2O[C@H](CS(=O)(=O)CP(=O)(O)O)[C@@H](O)[C@H]2O)cc1. The van der Waals surface area contributed by atoms with E-state index in [0.717, 1.165) is 15.8 Å². The molecule has 1 aliphatic rings. The van der Waals surface area contributed by atoms with Crippen molar-refractivity contribution in [3.05, 3.63) is 46.9 Å². The quantitative estimate of drug-likeness (QED) is 0.194. The molecular weight excluding hydrogens is 537 g/mol. The van der Waals surface area contributed by atoms with Crippen molar-refractivity contribution in [2.75, 3.05) is 16.6 Å². The summed E-state index contributed by atoms with van der Waals surface area (Å²) < 4.78 is 42.2. The number of aromatic nitrogens is 4. The zero-order valence-electron chi connectivity index (χ0n) is 19.1. The first-order chi connectivity index (χ1) is 16.7. The number of benzene rings is 1. The minimum atomic E-state index is -4.87. The fourth-order valence-electron chi connectivity index (χ4n) is 3.97. The molecule has 13 nitrogen and oxygen atoms in total. The van der Waals surface area contributed by atoms with Crippen molar-refractivity contribution in [3.63, 3.8) is 0 Å². The average Bonchev–Trinajstić information content (AvgIpc) is 3.28. The summed E-state index contributed by atoms with van der Waals surface area (Å²) in [6, 6.07) is 7.74. The highest BCUT2D eigenvalue weighted by atomic mass is 35.5. The van der Waals surface area contributed by atoms with Gasteiger partial charge in [-0.3, -0.25) is 4.57 Å². The molecule has 4 rings (SSSR count). The molecule has 1 aromatic carbocycles. The lowest BCUT2D eigenvalue weighted by Crippen LogP contribution is -2.36. The van der Waals surface area contributed by atoms with Gasteiger partial charge in [-0.15, -0.1) is 0 Å². The van der Waals surface area contributed by atoms with Crippen LogP contribution in [-0.2, 0) is 19.1 Å². The van der Waals surface area contributed by atoms with Gasteiger partial charge in [-0.25, -0.2) is 13.1 Å². The van der Waals surface area contributed by atoms with Crippen LogP contribution in [0.4, 0.5) is 5.82 Å². The Labute approximate surface area is 211 Å². The van der Waals surface area contributed by atoms with E-state index in [4.69, 9.17) is 26.1 Å². The molecule has 196 valence electrons. The van der Waals surface area contributed by atoms with Crippen LogP contribution in [0.2, 0.25) is 5.28 Å². The first-order valence-corrected chi connectivity index (χ1v) is 14.7.